The Labute approximate surface area is 106 Å². The number of hydrogen-bond donors (Lipinski definition) is 0. The van der Waals surface area contributed by atoms with Crippen molar-refractivity contribution in [2.24, 2.45) is 0 Å². The summed E-state index contributed by atoms with van der Waals surface area (Å²) in [5.74, 6) is 0.704. The molecule has 1 aliphatic carbocycles. The summed E-state index contributed by atoms with van der Waals surface area (Å²) in [4.78, 5) is 4.50. The van der Waals surface area contributed by atoms with Gasteiger partial charge in [-0.25, -0.2) is 4.98 Å². The number of furan rings is 1. The third kappa shape index (κ3) is 1.45. The highest BCUT2D eigenvalue weighted by molar-refractivity contribution is 6.03. The molecule has 0 saturated heterocycles. The molecule has 3 aromatic rings. The first-order chi connectivity index (χ1) is 8.92. The van der Waals surface area contributed by atoms with Crippen molar-refractivity contribution in [2.45, 2.75) is 31.6 Å². The summed E-state index contributed by atoms with van der Waals surface area (Å²) in [6.45, 7) is 0. The lowest BCUT2D eigenvalue weighted by Gasteiger charge is -2.07. The predicted molar refractivity (Wildman–Crippen MR) is 72.7 cm³/mol. The molecular weight excluding hydrogens is 222 g/mol. The third-order valence-corrected chi connectivity index (χ3v) is 4.08. The van der Waals surface area contributed by atoms with E-state index in [2.05, 4.69) is 23.2 Å². The van der Waals surface area contributed by atoms with Crippen molar-refractivity contribution in [2.75, 3.05) is 0 Å². The number of para-hydroxylation sites is 1. The molecule has 0 radical (unpaired) electrons. The largest absolute Gasteiger partial charge is 0.438 e. The van der Waals surface area contributed by atoms with Crippen LogP contribution in [0.4, 0.5) is 0 Å². The molecule has 0 N–H and O–H groups in total. The van der Waals surface area contributed by atoms with Crippen molar-refractivity contribution in [1.82, 2.24) is 4.98 Å². The standard InChI is InChI=1S/C16H15NO/c1-2-6-11(5-1)12-9-14-13-7-3-4-8-15(13)18-16(14)17-10-12/h3-4,7-11H,1-2,5-6H2. The van der Waals surface area contributed by atoms with Gasteiger partial charge in [-0.3, -0.25) is 0 Å². The smallest absolute Gasteiger partial charge is 0.227 e. The third-order valence-electron chi connectivity index (χ3n) is 4.08. The summed E-state index contributed by atoms with van der Waals surface area (Å²) in [5, 5.41) is 2.34. The molecule has 18 heavy (non-hydrogen) atoms. The average Bonchev–Trinajstić information content (AvgIpc) is 3.05. The topological polar surface area (TPSA) is 26.0 Å². The number of benzene rings is 1. The van der Waals surface area contributed by atoms with Gasteiger partial charge >= 0.3 is 0 Å². The fraction of sp³-hybridized carbons (Fsp3) is 0.312. The van der Waals surface area contributed by atoms with E-state index in [4.69, 9.17) is 4.42 Å². The van der Waals surface area contributed by atoms with Crippen LogP contribution in [-0.4, -0.2) is 4.98 Å². The van der Waals surface area contributed by atoms with E-state index in [1.54, 1.807) is 0 Å². The van der Waals surface area contributed by atoms with Gasteiger partial charge in [-0.1, -0.05) is 31.0 Å². The highest BCUT2D eigenvalue weighted by atomic mass is 16.3. The minimum Gasteiger partial charge on any atom is -0.438 e. The fourth-order valence-electron chi connectivity index (χ4n) is 3.11. The van der Waals surface area contributed by atoms with Gasteiger partial charge in [0.25, 0.3) is 0 Å². The maximum Gasteiger partial charge on any atom is 0.227 e. The second-order valence-corrected chi connectivity index (χ2v) is 5.20. The number of pyridine rings is 1. The maximum atomic E-state index is 5.76. The number of aromatic nitrogens is 1. The zero-order chi connectivity index (χ0) is 11.9. The van der Waals surface area contributed by atoms with Gasteiger partial charge in [0, 0.05) is 17.0 Å². The predicted octanol–water partition coefficient (Wildman–Crippen LogP) is 4.64. The Morgan fingerprint density at radius 2 is 1.89 bits per heavy atom. The Kier molecular flexibility index (Phi) is 2.16. The van der Waals surface area contributed by atoms with E-state index < -0.39 is 0 Å². The molecule has 1 aliphatic rings. The van der Waals surface area contributed by atoms with Crippen molar-refractivity contribution in [3.8, 4) is 0 Å². The molecule has 0 unspecified atom stereocenters. The van der Waals surface area contributed by atoms with Gasteiger partial charge in [0.15, 0.2) is 0 Å². The molecule has 2 nitrogen and oxygen atoms in total. The maximum absolute atomic E-state index is 5.76. The van der Waals surface area contributed by atoms with Gasteiger partial charge in [0.2, 0.25) is 5.71 Å². The highest BCUT2D eigenvalue weighted by Crippen LogP contribution is 2.36. The molecule has 0 aliphatic heterocycles. The van der Waals surface area contributed by atoms with Gasteiger partial charge in [-0.15, -0.1) is 0 Å². The van der Waals surface area contributed by atoms with Crippen LogP contribution in [-0.2, 0) is 0 Å². The molecule has 2 heteroatoms. The van der Waals surface area contributed by atoms with Crippen LogP contribution < -0.4 is 0 Å². The summed E-state index contributed by atoms with van der Waals surface area (Å²) in [6.07, 6.45) is 7.33. The summed E-state index contributed by atoms with van der Waals surface area (Å²) < 4.78 is 5.76. The van der Waals surface area contributed by atoms with Crippen LogP contribution in [0.25, 0.3) is 22.1 Å². The van der Waals surface area contributed by atoms with E-state index in [0.717, 1.165) is 16.7 Å². The lowest BCUT2D eigenvalue weighted by Crippen LogP contribution is -1.92. The minimum atomic E-state index is 0.704. The summed E-state index contributed by atoms with van der Waals surface area (Å²) >= 11 is 0. The Morgan fingerprint density at radius 1 is 1.06 bits per heavy atom. The van der Waals surface area contributed by atoms with E-state index in [1.807, 2.05) is 18.3 Å². The monoisotopic (exact) mass is 237 g/mol. The van der Waals surface area contributed by atoms with Crippen LogP contribution >= 0.6 is 0 Å². The van der Waals surface area contributed by atoms with Gasteiger partial charge in [0.1, 0.15) is 5.58 Å². The normalized spacial score (nSPS) is 16.9. The van der Waals surface area contributed by atoms with Gasteiger partial charge in [-0.05, 0) is 36.5 Å². The lowest BCUT2D eigenvalue weighted by atomic mass is 9.98. The van der Waals surface area contributed by atoms with Crippen LogP contribution in [0.5, 0.6) is 0 Å². The van der Waals surface area contributed by atoms with Crippen molar-refractivity contribution in [1.29, 1.82) is 0 Å². The minimum absolute atomic E-state index is 0.704. The first kappa shape index (κ1) is 10.1. The molecule has 1 aromatic carbocycles. The summed E-state index contributed by atoms with van der Waals surface area (Å²) in [7, 11) is 0. The first-order valence-electron chi connectivity index (χ1n) is 6.69. The number of hydrogen-bond acceptors (Lipinski definition) is 2. The van der Waals surface area contributed by atoms with Crippen molar-refractivity contribution >= 4 is 22.1 Å². The van der Waals surface area contributed by atoms with Crippen molar-refractivity contribution in [3.05, 3.63) is 42.1 Å². The molecule has 1 fully saturated rings. The van der Waals surface area contributed by atoms with Crippen LogP contribution in [0.15, 0.2) is 40.9 Å². The van der Waals surface area contributed by atoms with Crippen LogP contribution in [0.2, 0.25) is 0 Å². The SMILES string of the molecule is c1ccc2c(c1)oc1ncc(C3CCCC3)cc12. The molecule has 0 bridgehead atoms. The molecule has 0 spiro atoms. The van der Waals surface area contributed by atoms with E-state index >= 15 is 0 Å². The molecule has 0 amide bonds. The summed E-state index contributed by atoms with van der Waals surface area (Å²) in [5.41, 5.74) is 3.08. The quantitative estimate of drug-likeness (QED) is 0.616. The van der Waals surface area contributed by atoms with Gasteiger partial charge in [-0.2, -0.15) is 0 Å². The molecule has 1 saturated carbocycles. The first-order valence-corrected chi connectivity index (χ1v) is 6.69. The van der Waals surface area contributed by atoms with E-state index in [9.17, 15) is 0 Å². The number of rotatable bonds is 1. The summed E-state index contributed by atoms with van der Waals surface area (Å²) in [6, 6.07) is 10.5. The second kappa shape index (κ2) is 3.84. The molecular formula is C16H15NO. The zero-order valence-corrected chi connectivity index (χ0v) is 10.2. The Hall–Kier alpha value is -1.83. The van der Waals surface area contributed by atoms with Crippen LogP contribution in [0.3, 0.4) is 0 Å². The second-order valence-electron chi connectivity index (χ2n) is 5.20. The molecule has 2 heterocycles. The average molecular weight is 237 g/mol. The zero-order valence-electron chi connectivity index (χ0n) is 10.2. The highest BCUT2D eigenvalue weighted by Gasteiger charge is 2.18. The molecule has 2 aromatic heterocycles. The number of fused-ring (bicyclic) bond motifs is 3. The molecule has 0 atom stereocenters. The molecule has 4 rings (SSSR count). The van der Waals surface area contributed by atoms with E-state index in [1.165, 1.54) is 36.6 Å². The van der Waals surface area contributed by atoms with Gasteiger partial charge < -0.3 is 4.42 Å². The molecule has 90 valence electrons. The van der Waals surface area contributed by atoms with Gasteiger partial charge in [0.05, 0.1) is 0 Å². The van der Waals surface area contributed by atoms with Crippen molar-refractivity contribution in [3.63, 3.8) is 0 Å². The Morgan fingerprint density at radius 3 is 2.78 bits per heavy atom. The van der Waals surface area contributed by atoms with Crippen LogP contribution in [0, 0.1) is 0 Å². The number of nitrogens with zero attached hydrogens (tertiary/aromatic N) is 1. The van der Waals surface area contributed by atoms with Crippen LogP contribution in [0.1, 0.15) is 37.2 Å². The lowest BCUT2D eigenvalue weighted by molar-refractivity contribution is 0.651. The van der Waals surface area contributed by atoms with E-state index in [0.29, 0.717) is 5.92 Å². The Balaban J connectivity index is 1.94. The fourth-order valence-corrected chi connectivity index (χ4v) is 3.11. The van der Waals surface area contributed by atoms with Crippen molar-refractivity contribution < 1.29 is 4.42 Å². The Bertz CT molecular complexity index is 707. The van der Waals surface area contributed by atoms with E-state index in [-0.39, 0.29) is 0 Å².